The molecule has 6 nitrogen and oxygen atoms in total. The maximum Gasteiger partial charge on any atom is 0.225 e. The first-order valence-electron chi connectivity index (χ1n) is 5.76. The van der Waals surface area contributed by atoms with Crippen LogP contribution in [-0.2, 0) is 0 Å². The Morgan fingerprint density at radius 1 is 1.53 bits per heavy atom. The lowest BCUT2D eigenvalue weighted by atomic mass is 10.00. The number of piperidine rings is 1. The van der Waals surface area contributed by atoms with E-state index in [2.05, 4.69) is 26.9 Å². The number of aromatic nitrogens is 2. The Hall–Kier alpha value is -1.85. The summed E-state index contributed by atoms with van der Waals surface area (Å²) in [6.07, 6.45) is 3.93. The lowest BCUT2D eigenvalue weighted by Gasteiger charge is -2.30. The second-order valence-corrected chi connectivity index (χ2v) is 4.40. The van der Waals surface area contributed by atoms with E-state index in [0.29, 0.717) is 11.6 Å². The number of anilines is 1. The van der Waals surface area contributed by atoms with Gasteiger partial charge in [-0.05, 0) is 24.8 Å². The molecule has 0 spiro atoms. The summed E-state index contributed by atoms with van der Waals surface area (Å²) in [5.41, 5.74) is 5.96. The Morgan fingerprint density at radius 3 is 2.88 bits per heavy atom. The maximum atomic E-state index is 8.61. The van der Waals surface area contributed by atoms with Gasteiger partial charge in [-0.2, -0.15) is 0 Å². The summed E-state index contributed by atoms with van der Waals surface area (Å²) in [6, 6.07) is 1.63. The fourth-order valence-electron chi connectivity index (χ4n) is 1.90. The molecule has 1 aliphatic heterocycles. The van der Waals surface area contributed by atoms with E-state index in [0.717, 1.165) is 31.8 Å². The van der Waals surface area contributed by atoms with E-state index in [4.69, 9.17) is 10.9 Å². The van der Waals surface area contributed by atoms with E-state index in [1.165, 1.54) is 0 Å². The Morgan fingerprint density at radius 2 is 2.24 bits per heavy atom. The first kappa shape index (κ1) is 11.6. The molecule has 0 amide bonds. The van der Waals surface area contributed by atoms with E-state index in [-0.39, 0.29) is 5.84 Å². The van der Waals surface area contributed by atoms with E-state index in [1.807, 2.05) is 0 Å². The third-order valence-corrected chi connectivity index (χ3v) is 3.08. The Kier molecular flexibility index (Phi) is 3.41. The number of rotatable bonds is 2. The second kappa shape index (κ2) is 4.99. The van der Waals surface area contributed by atoms with E-state index < -0.39 is 0 Å². The van der Waals surface area contributed by atoms with Crippen molar-refractivity contribution in [2.24, 2.45) is 16.8 Å². The SMILES string of the molecule is CC1CCN(c2nccc(/C(N)=N/O)n2)CC1. The van der Waals surface area contributed by atoms with Gasteiger partial charge in [-0.1, -0.05) is 12.1 Å². The number of hydrogen-bond acceptors (Lipinski definition) is 5. The van der Waals surface area contributed by atoms with Crippen LogP contribution in [0.25, 0.3) is 0 Å². The highest BCUT2D eigenvalue weighted by atomic mass is 16.4. The van der Waals surface area contributed by atoms with Gasteiger partial charge in [-0.3, -0.25) is 0 Å². The summed E-state index contributed by atoms with van der Waals surface area (Å²) < 4.78 is 0. The van der Waals surface area contributed by atoms with Crippen molar-refractivity contribution in [2.45, 2.75) is 19.8 Å². The zero-order valence-electron chi connectivity index (χ0n) is 9.87. The second-order valence-electron chi connectivity index (χ2n) is 4.40. The number of amidine groups is 1. The predicted molar refractivity (Wildman–Crippen MR) is 65.2 cm³/mol. The van der Waals surface area contributed by atoms with Crippen LogP contribution in [0.15, 0.2) is 17.4 Å². The lowest BCUT2D eigenvalue weighted by Crippen LogP contribution is -2.34. The minimum absolute atomic E-state index is 0.0130. The van der Waals surface area contributed by atoms with Gasteiger partial charge < -0.3 is 15.8 Å². The Balaban J connectivity index is 2.16. The van der Waals surface area contributed by atoms with Crippen LogP contribution in [0.4, 0.5) is 5.95 Å². The normalized spacial score (nSPS) is 18.4. The predicted octanol–water partition coefficient (Wildman–Crippen LogP) is 0.807. The summed E-state index contributed by atoms with van der Waals surface area (Å²) in [6.45, 7) is 4.17. The van der Waals surface area contributed by atoms with Crippen LogP contribution < -0.4 is 10.6 Å². The van der Waals surface area contributed by atoms with Crippen LogP contribution in [-0.4, -0.2) is 34.1 Å². The molecular weight excluding hydrogens is 218 g/mol. The van der Waals surface area contributed by atoms with Gasteiger partial charge in [0, 0.05) is 19.3 Å². The zero-order valence-corrected chi connectivity index (χ0v) is 9.87. The molecule has 0 bridgehead atoms. The molecule has 1 fully saturated rings. The monoisotopic (exact) mass is 235 g/mol. The topological polar surface area (TPSA) is 87.6 Å². The highest BCUT2D eigenvalue weighted by molar-refractivity contribution is 5.95. The lowest BCUT2D eigenvalue weighted by molar-refractivity contribution is 0.318. The van der Waals surface area contributed by atoms with Gasteiger partial charge >= 0.3 is 0 Å². The molecule has 1 aromatic heterocycles. The summed E-state index contributed by atoms with van der Waals surface area (Å²) in [5, 5.41) is 11.6. The van der Waals surface area contributed by atoms with E-state index >= 15 is 0 Å². The van der Waals surface area contributed by atoms with Crippen LogP contribution >= 0.6 is 0 Å². The molecule has 0 saturated carbocycles. The van der Waals surface area contributed by atoms with Gasteiger partial charge in [0.2, 0.25) is 5.95 Å². The van der Waals surface area contributed by atoms with Crippen molar-refractivity contribution in [3.63, 3.8) is 0 Å². The van der Waals surface area contributed by atoms with Crippen LogP contribution in [0.1, 0.15) is 25.5 Å². The average molecular weight is 235 g/mol. The fourth-order valence-corrected chi connectivity index (χ4v) is 1.90. The van der Waals surface area contributed by atoms with Crippen molar-refractivity contribution in [2.75, 3.05) is 18.0 Å². The summed E-state index contributed by atoms with van der Waals surface area (Å²) in [7, 11) is 0. The highest BCUT2D eigenvalue weighted by Gasteiger charge is 2.18. The summed E-state index contributed by atoms with van der Waals surface area (Å²) >= 11 is 0. The Bertz CT molecular complexity index is 412. The number of hydrogen-bond donors (Lipinski definition) is 2. The Labute approximate surface area is 100 Å². The van der Waals surface area contributed by atoms with Gasteiger partial charge in [-0.25, -0.2) is 9.97 Å². The van der Waals surface area contributed by atoms with Crippen molar-refractivity contribution < 1.29 is 5.21 Å². The van der Waals surface area contributed by atoms with Crippen molar-refractivity contribution >= 4 is 11.8 Å². The molecule has 0 atom stereocenters. The van der Waals surface area contributed by atoms with Crippen molar-refractivity contribution in [1.82, 2.24) is 9.97 Å². The van der Waals surface area contributed by atoms with Crippen LogP contribution in [0.3, 0.4) is 0 Å². The molecule has 0 unspecified atom stereocenters. The number of oxime groups is 1. The van der Waals surface area contributed by atoms with Gasteiger partial charge in [0.25, 0.3) is 0 Å². The van der Waals surface area contributed by atoms with Crippen molar-refractivity contribution in [1.29, 1.82) is 0 Å². The zero-order chi connectivity index (χ0) is 12.3. The third-order valence-electron chi connectivity index (χ3n) is 3.08. The molecule has 92 valence electrons. The fraction of sp³-hybridized carbons (Fsp3) is 0.545. The van der Waals surface area contributed by atoms with Crippen LogP contribution in [0.2, 0.25) is 0 Å². The summed E-state index contributed by atoms with van der Waals surface area (Å²) in [4.78, 5) is 10.7. The molecule has 3 N–H and O–H groups in total. The molecule has 6 heteroatoms. The highest BCUT2D eigenvalue weighted by Crippen LogP contribution is 2.19. The van der Waals surface area contributed by atoms with E-state index in [1.54, 1.807) is 12.3 Å². The smallest absolute Gasteiger partial charge is 0.225 e. The maximum absolute atomic E-state index is 8.61. The molecular formula is C11H17N5O. The molecule has 1 aliphatic rings. The third kappa shape index (κ3) is 2.64. The van der Waals surface area contributed by atoms with Crippen LogP contribution in [0.5, 0.6) is 0 Å². The minimum Gasteiger partial charge on any atom is -0.409 e. The largest absolute Gasteiger partial charge is 0.409 e. The molecule has 0 radical (unpaired) electrons. The summed E-state index contributed by atoms with van der Waals surface area (Å²) in [5.74, 6) is 1.43. The molecule has 1 aromatic rings. The standard InChI is InChI=1S/C11H17N5O/c1-8-3-6-16(7-4-8)11-13-5-2-9(14-11)10(12)15-17/h2,5,8,17H,3-4,6-7H2,1H3,(H2,12,15). The minimum atomic E-state index is 0.0130. The number of nitrogens with two attached hydrogens (primary N) is 1. The van der Waals surface area contributed by atoms with Crippen molar-refractivity contribution in [3.05, 3.63) is 18.0 Å². The molecule has 2 rings (SSSR count). The van der Waals surface area contributed by atoms with E-state index in [9.17, 15) is 0 Å². The first-order chi connectivity index (χ1) is 8.20. The molecule has 1 saturated heterocycles. The molecule has 0 aliphatic carbocycles. The van der Waals surface area contributed by atoms with Gasteiger partial charge in [0.05, 0.1) is 0 Å². The molecule has 17 heavy (non-hydrogen) atoms. The number of nitrogens with zero attached hydrogens (tertiary/aromatic N) is 4. The van der Waals surface area contributed by atoms with Gasteiger partial charge in [0.1, 0.15) is 5.69 Å². The average Bonchev–Trinajstić information content (AvgIpc) is 2.39. The molecule has 0 aromatic carbocycles. The quantitative estimate of drug-likeness (QED) is 0.343. The first-order valence-corrected chi connectivity index (χ1v) is 5.76. The van der Waals surface area contributed by atoms with Gasteiger partial charge in [-0.15, -0.1) is 0 Å². The van der Waals surface area contributed by atoms with Crippen molar-refractivity contribution in [3.8, 4) is 0 Å². The molecule has 2 heterocycles. The van der Waals surface area contributed by atoms with Crippen LogP contribution in [0, 0.1) is 5.92 Å². The van der Waals surface area contributed by atoms with Gasteiger partial charge in [0.15, 0.2) is 5.84 Å².